The first kappa shape index (κ1) is 74.8. The van der Waals surface area contributed by atoms with Gasteiger partial charge in [-0.3, -0.25) is 14.4 Å². The van der Waals surface area contributed by atoms with Crippen LogP contribution in [-0.2, 0) is 28.6 Å². The quantitative estimate of drug-likeness (QED) is 0.0261. The van der Waals surface area contributed by atoms with Gasteiger partial charge in [-0.15, -0.1) is 0 Å². The van der Waals surface area contributed by atoms with Gasteiger partial charge in [-0.1, -0.05) is 312 Å². The van der Waals surface area contributed by atoms with Gasteiger partial charge in [-0.25, -0.2) is 0 Å². The maximum Gasteiger partial charge on any atom is 0.306 e. The molecule has 0 aliphatic rings. The minimum atomic E-state index is -0.776. The van der Waals surface area contributed by atoms with E-state index in [-0.39, 0.29) is 31.1 Å². The van der Waals surface area contributed by atoms with E-state index in [1.54, 1.807) is 0 Å². The standard InChI is InChI=1S/C72H128O6/c1-4-7-10-13-16-19-22-25-27-29-31-33-35-36-38-39-41-43-45-47-50-53-56-59-62-65-71(74)77-68-69(67-76-70(73)64-61-58-55-52-49-24-21-18-15-12-9-6-3)78-72(75)66-63-60-57-54-51-48-46-44-42-40-37-34-32-30-28-26-23-20-17-14-11-8-5-2/h7,10,16,19,23,25-27,30-33,69H,4-6,8-9,11-15,17-18,20-22,24,28-29,34-68H2,1-3H3/b10-7-,19-16-,26-23-,27-25-,32-30-,33-31-. The molecule has 0 fully saturated rings. The Bertz CT molecular complexity index is 1440. The monoisotopic (exact) mass is 1090 g/mol. The van der Waals surface area contributed by atoms with Crippen LogP contribution < -0.4 is 0 Å². The summed E-state index contributed by atoms with van der Waals surface area (Å²) in [7, 11) is 0. The van der Waals surface area contributed by atoms with Crippen molar-refractivity contribution in [3.63, 3.8) is 0 Å². The highest BCUT2D eigenvalue weighted by Gasteiger charge is 2.19. The van der Waals surface area contributed by atoms with E-state index in [9.17, 15) is 14.4 Å². The van der Waals surface area contributed by atoms with Crippen LogP contribution in [-0.4, -0.2) is 37.2 Å². The van der Waals surface area contributed by atoms with E-state index in [4.69, 9.17) is 14.2 Å². The van der Waals surface area contributed by atoms with Gasteiger partial charge in [0.15, 0.2) is 6.10 Å². The third kappa shape index (κ3) is 63.7. The zero-order valence-electron chi connectivity index (χ0n) is 51.9. The molecule has 0 aromatic rings. The van der Waals surface area contributed by atoms with Crippen molar-refractivity contribution in [2.24, 2.45) is 0 Å². The van der Waals surface area contributed by atoms with Crippen molar-refractivity contribution in [2.45, 2.75) is 354 Å². The van der Waals surface area contributed by atoms with Crippen LogP contribution in [0.25, 0.3) is 0 Å². The number of ether oxygens (including phenoxy) is 3. The number of unbranched alkanes of at least 4 members (excludes halogenated alkanes) is 39. The van der Waals surface area contributed by atoms with Gasteiger partial charge in [0.2, 0.25) is 0 Å². The smallest absolute Gasteiger partial charge is 0.306 e. The lowest BCUT2D eigenvalue weighted by Crippen LogP contribution is -2.30. The van der Waals surface area contributed by atoms with Crippen molar-refractivity contribution in [3.8, 4) is 0 Å². The molecular weight excluding hydrogens is 961 g/mol. The van der Waals surface area contributed by atoms with Crippen molar-refractivity contribution in [2.75, 3.05) is 13.2 Å². The number of carbonyl (C=O) groups is 3. The average Bonchev–Trinajstić information content (AvgIpc) is 3.44. The van der Waals surface area contributed by atoms with E-state index in [0.717, 1.165) is 89.9 Å². The molecule has 0 amide bonds. The van der Waals surface area contributed by atoms with Crippen LogP contribution >= 0.6 is 0 Å². The SMILES string of the molecule is CC/C=C\C/C=C\C/C=C\C/C=C\CCCCCCCCCCCCCCC(=O)OCC(COC(=O)CCCCCCCCCCCCCC)OC(=O)CCCCCCCCCCCCC/C=C\C/C=C\CCCCCCC. The van der Waals surface area contributed by atoms with E-state index in [1.165, 1.54) is 218 Å². The predicted molar refractivity (Wildman–Crippen MR) is 339 cm³/mol. The summed E-state index contributed by atoms with van der Waals surface area (Å²) >= 11 is 0. The lowest BCUT2D eigenvalue weighted by molar-refractivity contribution is -0.167. The zero-order valence-corrected chi connectivity index (χ0v) is 51.9. The number of carbonyl (C=O) groups excluding carboxylic acids is 3. The molecular formula is C72H128O6. The molecule has 452 valence electrons. The summed E-state index contributed by atoms with van der Waals surface area (Å²) in [5.74, 6) is -0.858. The summed E-state index contributed by atoms with van der Waals surface area (Å²) in [5.41, 5.74) is 0. The van der Waals surface area contributed by atoms with Crippen molar-refractivity contribution in [1.29, 1.82) is 0 Å². The van der Waals surface area contributed by atoms with Gasteiger partial charge in [0.25, 0.3) is 0 Å². The topological polar surface area (TPSA) is 78.9 Å². The van der Waals surface area contributed by atoms with Crippen LogP contribution in [0.15, 0.2) is 72.9 Å². The van der Waals surface area contributed by atoms with Gasteiger partial charge in [0, 0.05) is 19.3 Å². The van der Waals surface area contributed by atoms with E-state index in [2.05, 4.69) is 93.7 Å². The molecule has 0 aliphatic carbocycles. The number of esters is 3. The van der Waals surface area contributed by atoms with Crippen LogP contribution in [0, 0.1) is 0 Å². The Hall–Kier alpha value is -3.15. The lowest BCUT2D eigenvalue weighted by Gasteiger charge is -2.18. The van der Waals surface area contributed by atoms with Crippen molar-refractivity contribution in [3.05, 3.63) is 72.9 Å². The summed E-state index contributed by atoms with van der Waals surface area (Å²) in [5, 5.41) is 0. The lowest BCUT2D eigenvalue weighted by atomic mass is 10.0. The fourth-order valence-electron chi connectivity index (χ4n) is 9.88. The maximum atomic E-state index is 12.9. The molecule has 0 bridgehead atoms. The molecule has 1 atom stereocenters. The Morgan fingerprint density at radius 3 is 0.782 bits per heavy atom. The molecule has 6 heteroatoms. The Morgan fingerprint density at radius 1 is 0.269 bits per heavy atom. The molecule has 0 rings (SSSR count). The molecule has 0 saturated carbocycles. The highest BCUT2D eigenvalue weighted by molar-refractivity contribution is 5.71. The highest BCUT2D eigenvalue weighted by atomic mass is 16.6. The van der Waals surface area contributed by atoms with E-state index < -0.39 is 6.10 Å². The molecule has 6 nitrogen and oxygen atoms in total. The summed E-state index contributed by atoms with van der Waals surface area (Å²) in [4.78, 5) is 38.4. The fourth-order valence-corrected chi connectivity index (χ4v) is 9.88. The third-order valence-electron chi connectivity index (χ3n) is 14.9. The van der Waals surface area contributed by atoms with Crippen LogP contribution in [0.4, 0.5) is 0 Å². The molecule has 0 aliphatic heterocycles. The average molecular weight is 1090 g/mol. The number of allylic oxidation sites excluding steroid dienone is 12. The highest BCUT2D eigenvalue weighted by Crippen LogP contribution is 2.17. The first-order valence-electron chi connectivity index (χ1n) is 33.9. The zero-order chi connectivity index (χ0) is 56.4. The van der Waals surface area contributed by atoms with Gasteiger partial charge in [-0.05, 0) is 89.9 Å². The largest absolute Gasteiger partial charge is 0.462 e. The van der Waals surface area contributed by atoms with E-state index >= 15 is 0 Å². The fraction of sp³-hybridized carbons (Fsp3) is 0.792. The van der Waals surface area contributed by atoms with Crippen LogP contribution in [0.3, 0.4) is 0 Å². The van der Waals surface area contributed by atoms with Crippen molar-refractivity contribution >= 4 is 17.9 Å². The number of rotatable bonds is 62. The van der Waals surface area contributed by atoms with Gasteiger partial charge in [0.05, 0.1) is 0 Å². The number of hydrogen-bond donors (Lipinski definition) is 0. The Labute approximate surface area is 484 Å². The van der Waals surface area contributed by atoms with Gasteiger partial charge in [0.1, 0.15) is 13.2 Å². The van der Waals surface area contributed by atoms with Gasteiger partial charge < -0.3 is 14.2 Å². The second kappa shape index (κ2) is 66.4. The summed E-state index contributed by atoms with van der Waals surface area (Å²) in [6.45, 7) is 6.56. The molecule has 0 aromatic carbocycles. The summed E-state index contributed by atoms with van der Waals surface area (Å²) in [6.07, 6.45) is 86.3. The van der Waals surface area contributed by atoms with E-state index in [1.807, 2.05) is 0 Å². The first-order chi connectivity index (χ1) is 38.5. The van der Waals surface area contributed by atoms with Crippen LogP contribution in [0.1, 0.15) is 348 Å². The second-order valence-corrected chi connectivity index (χ2v) is 22.7. The molecule has 0 radical (unpaired) electrons. The van der Waals surface area contributed by atoms with Crippen molar-refractivity contribution < 1.29 is 28.6 Å². The molecule has 1 unspecified atom stereocenters. The Kier molecular flexibility index (Phi) is 63.7. The van der Waals surface area contributed by atoms with Crippen LogP contribution in [0.2, 0.25) is 0 Å². The summed E-state index contributed by atoms with van der Waals surface area (Å²) in [6, 6.07) is 0. The number of hydrogen-bond acceptors (Lipinski definition) is 6. The molecule has 0 N–H and O–H groups in total. The Balaban J connectivity index is 4.26. The Morgan fingerprint density at radius 2 is 0.500 bits per heavy atom. The summed E-state index contributed by atoms with van der Waals surface area (Å²) < 4.78 is 17.0. The minimum absolute atomic E-state index is 0.0724. The molecule has 0 spiro atoms. The van der Waals surface area contributed by atoms with Gasteiger partial charge >= 0.3 is 17.9 Å². The molecule has 0 heterocycles. The maximum absolute atomic E-state index is 12.9. The molecule has 78 heavy (non-hydrogen) atoms. The third-order valence-corrected chi connectivity index (χ3v) is 14.9. The first-order valence-corrected chi connectivity index (χ1v) is 33.9. The van der Waals surface area contributed by atoms with Crippen molar-refractivity contribution in [1.82, 2.24) is 0 Å². The van der Waals surface area contributed by atoms with Crippen LogP contribution in [0.5, 0.6) is 0 Å². The normalized spacial score (nSPS) is 12.5. The predicted octanol–water partition coefficient (Wildman–Crippen LogP) is 23.3. The van der Waals surface area contributed by atoms with Gasteiger partial charge in [-0.2, -0.15) is 0 Å². The second-order valence-electron chi connectivity index (χ2n) is 22.7. The molecule has 0 saturated heterocycles. The minimum Gasteiger partial charge on any atom is -0.462 e. The van der Waals surface area contributed by atoms with E-state index in [0.29, 0.717) is 19.3 Å². The molecule has 0 aromatic heterocycles.